The first-order valence-corrected chi connectivity index (χ1v) is 8.81. The molecule has 2 aliphatic rings. The molecule has 4 rings (SSSR count). The van der Waals surface area contributed by atoms with E-state index >= 15 is 0 Å². The zero-order valence-electron chi connectivity index (χ0n) is 14.8. The van der Waals surface area contributed by atoms with Crippen LogP contribution < -0.4 is 24.4 Å². The molecule has 0 bridgehead atoms. The van der Waals surface area contributed by atoms with E-state index in [1.54, 1.807) is 7.11 Å². The summed E-state index contributed by atoms with van der Waals surface area (Å²) in [5, 5.41) is 3.43. The Bertz CT molecular complexity index is 804. The predicted octanol–water partition coefficient (Wildman–Crippen LogP) is 2.84. The molecule has 2 heterocycles. The van der Waals surface area contributed by atoms with Crippen molar-refractivity contribution in [1.82, 2.24) is 5.32 Å². The van der Waals surface area contributed by atoms with Gasteiger partial charge in [0.1, 0.15) is 0 Å². The molecule has 1 fully saturated rings. The van der Waals surface area contributed by atoms with Crippen molar-refractivity contribution >= 4 is 11.6 Å². The van der Waals surface area contributed by atoms with Crippen molar-refractivity contribution < 1.29 is 19.0 Å². The molecule has 1 N–H and O–H groups in total. The molecule has 1 amide bonds. The minimum atomic E-state index is 0.215. The van der Waals surface area contributed by atoms with Crippen LogP contribution in [0.4, 0.5) is 5.69 Å². The topological polar surface area (TPSA) is 60.0 Å². The number of hydrogen-bond donors (Lipinski definition) is 1. The highest BCUT2D eigenvalue weighted by atomic mass is 16.7. The molecule has 1 saturated heterocycles. The lowest BCUT2D eigenvalue weighted by Gasteiger charge is -2.16. The number of methoxy groups -OCH3 is 1. The Balaban J connectivity index is 1.35. The minimum Gasteiger partial charge on any atom is -0.493 e. The lowest BCUT2D eigenvalue weighted by molar-refractivity contribution is -0.117. The van der Waals surface area contributed by atoms with Crippen LogP contribution in [0.3, 0.4) is 0 Å². The van der Waals surface area contributed by atoms with Gasteiger partial charge < -0.3 is 24.4 Å². The summed E-state index contributed by atoms with van der Waals surface area (Å²) >= 11 is 0. The molecular formula is C20H22N2O4. The maximum Gasteiger partial charge on any atom is 0.231 e. The Morgan fingerprint density at radius 3 is 2.65 bits per heavy atom. The molecule has 26 heavy (non-hydrogen) atoms. The summed E-state index contributed by atoms with van der Waals surface area (Å²) in [6.45, 7) is 2.49. The molecular weight excluding hydrogens is 332 g/mol. The Hall–Kier alpha value is -2.73. The fourth-order valence-electron chi connectivity index (χ4n) is 3.35. The molecule has 0 saturated carbocycles. The molecule has 6 heteroatoms. The average Bonchev–Trinajstić information content (AvgIpc) is 3.30. The first kappa shape index (κ1) is 16.7. The van der Waals surface area contributed by atoms with Crippen LogP contribution >= 0.6 is 0 Å². The van der Waals surface area contributed by atoms with E-state index in [1.165, 1.54) is 5.56 Å². The van der Waals surface area contributed by atoms with Gasteiger partial charge in [-0.05, 0) is 41.8 Å². The molecule has 0 atom stereocenters. The second-order valence-electron chi connectivity index (χ2n) is 6.45. The number of carbonyl (C=O) groups is 1. The van der Waals surface area contributed by atoms with Crippen molar-refractivity contribution in [2.24, 2.45) is 0 Å². The molecule has 2 aromatic rings. The fraction of sp³-hybridized carbons (Fsp3) is 0.350. The molecule has 2 aromatic carbocycles. The van der Waals surface area contributed by atoms with E-state index in [0.717, 1.165) is 36.5 Å². The SMILES string of the molecule is COc1cc(CNCc2ccc(N3CCCC3=O)cc2)cc2c1OCO2. The summed E-state index contributed by atoms with van der Waals surface area (Å²) in [7, 11) is 1.63. The number of hydrogen-bond acceptors (Lipinski definition) is 5. The van der Waals surface area contributed by atoms with Crippen LogP contribution in [0.5, 0.6) is 17.2 Å². The Labute approximate surface area is 152 Å². The van der Waals surface area contributed by atoms with Gasteiger partial charge in [0.15, 0.2) is 11.5 Å². The standard InChI is InChI=1S/C20H22N2O4/c1-24-17-9-15(10-18-20(17)26-13-25-18)12-21-11-14-4-6-16(7-5-14)22-8-2-3-19(22)23/h4-7,9-10,21H,2-3,8,11-13H2,1H3. The van der Waals surface area contributed by atoms with Crippen molar-refractivity contribution in [3.8, 4) is 17.2 Å². The summed E-state index contributed by atoms with van der Waals surface area (Å²) in [4.78, 5) is 13.7. The number of nitrogens with zero attached hydrogens (tertiary/aromatic N) is 1. The summed E-state index contributed by atoms with van der Waals surface area (Å²) in [6, 6.07) is 12.1. The van der Waals surface area contributed by atoms with Gasteiger partial charge in [0.25, 0.3) is 0 Å². The predicted molar refractivity (Wildman–Crippen MR) is 97.7 cm³/mol. The lowest BCUT2D eigenvalue weighted by Crippen LogP contribution is -2.23. The first-order valence-electron chi connectivity index (χ1n) is 8.81. The van der Waals surface area contributed by atoms with Crippen molar-refractivity contribution in [3.05, 3.63) is 47.5 Å². The molecule has 0 aromatic heterocycles. The van der Waals surface area contributed by atoms with Crippen LogP contribution in [0, 0.1) is 0 Å². The third-order valence-corrected chi connectivity index (χ3v) is 4.70. The Morgan fingerprint density at radius 1 is 1.12 bits per heavy atom. The van der Waals surface area contributed by atoms with Crippen molar-refractivity contribution in [2.45, 2.75) is 25.9 Å². The monoisotopic (exact) mass is 354 g/mol. The number of rotatable bonds is 6. The van der Waals surface area contributed by atoms with Crippen LogP contribution in [0.25, 0.3) is 0 Å². The van der Waals surface area contributed by atoms with Crippen LogP contribution in [-0.4, -0.2) is 26.4 Å². The third-order valence-electron chi connectivity index (χ3n) is 4.70. The average molecular weight is 354 g/mol. The molecule has 0 spiro atoms. The number of amides is 1. The summed E-state index contributed by atoms with van der Waals surface area (Å²) in [5.74, 6) is 2.30. The largest absolute Gasteiger partial charge is 0.493 e. The van der Waals surface area contributed by atoms with E-state index in [9.17, 15) is 4.79 Å². The highest BCUT2D eigenvalue weighted by Gasteiger charge is 2.21. The highest BCUT2D eigenvalue weighted by Crippen LogP contribution is 2.41. The van der Waals surface area contributed by atoms with Crippen molar-refractivity contribution in [3.63, 3.8) is 0 Å². The summed E-state index contributed by atoms with van der Waals surface area (Å²) < 4.78 is 16.2. The van der Waals surface area contributed by atoms with E-state index in [1.807, 2.05) is 29.2 Å². The normalized spacial score (nSPS) is 15.6. The molecule has 2 aliphatic heterocycles. The van der Waals surface area contributed by atoms with Crippen LogP contribution in [0.15, 0.2) is 36.4 Å². The smallest absolute Gasteiger partial charge is 0.231 e. The highest BCUT2D eigenvalue weighted by molar-refractivity contribution is 5.95. The zero-order valence-corrected chi connectivity index (χ0v) is 14.8. The van der Waals surface area contributed by atoms with Crippen LogP contribution in [0.2, 0.25) is 0 Å². The van der Waals surface area contributed by atoms with Crippen LogP contribution in [0.1, 0.15) is 24.0 Å². The van der Waals surface area contributed by atoms with E-state index in [2.05, 4.69) is 17.4 Å². The molecule has 0 radical (unpaired) electrons. The number of nitrogens with one attached hydrogen (secondary N) is 1. The van der Waals surface area contributed by atoms with E-state index < -0.39 is 0 Å². The van der Waals surface area contributed by atoms with Crippen molar-refractivity contribution in [1.29, 1.82) is 0 Å². The van der Waals surface area contributed by atoms with Gasteiger partial charge in [0.05, 0.1) is 7.11 Å². The number of benzene rings is 2. The van der Waals surface area contributed by atoms with Gasteiger partial charge in [-0.25, -0.2) is 0 Å². The maximum absolute atomic E-state index is 11.8. The van der Waals surface area contributed by atoms with Gasteiger partial charge in [-0.1, -0.05) is 12.1 Å². The number of ether oxygens (including phenoxy) is 3. The minimum absolute atomic E-state index is 0.215. The first-order chi connectivity index (χ1) is 12.7. The molecule has 6 nitrogen and oxygen atoms in total. The van der Waals surface area contributed by atoms with Gasteiger partial charge in [0, 0.05) is 31.7 Å². The van der Waals surface area contributed by atoms with Crippen LogP contribution in [-0.2, 0) is 17.9 Å². The maximum atomic E-state index is 11.8. The third kappa shape index (κ3) is 3.32. The fourth-order valence-corrected chi connectivity index (χ4v) is 3.35. The zero-order chi connectivity index (χ0) is 17.9. The van der Waals surface area contributed by atoms with E-state index in [0.29, 0.717) is 24.5 Å². The Morgan fingerprint density at radius 2 is 1.92 bits per heavy atom. The Kier molecular flexibility index (Phi) is 4.67. The van der Waals surface area contributed by atoms with Gasteiger partial charge in [-0.2, -0.15) is 0 Å². The quantitative estimate of drug-likeness (QED) is 0.864. The van der Waals surface area contributed by atoms with Gasteiger partial charge >= 0.3 is 0 Å². The number of fused-ring (bicyclic) bond motifs is 1. The second-order valence-corrected chi connectivity index (χ2v) is 6.45. The molecule has 136 valence electrons. The number of anilines is 1. The lowest BCUT2D eigenvalue weighted by atomic mass is 10.1. The molecule has 0 aliphatic carbocycles. The second kappa shape index (κ2) is 7.25. The van der Waals surface area contributed by atoms with Crippen molar-refractivity contribution in [2.75, 3.05) is 25.3 Å². The number of carbonyl (C=O) groups excluding carboxylic acids is 1. The van der Waals surface area contributed by atoms with Gasteiger partial charge in [-0.15, -0.1) is 0 Å². The van der Waals surface area contributed by atoms with E-state index in [4.69, 9.17) is 14.2 Å². The van der Waals surface area contributed by atoms with Gasteiger partial charge in [0.2, 0.25) is 18.4 Å². The van der Waals surface area contributed by atoms with E-state index in [-0.39, 0.29) is 12.7 Å². The molecule has 0 unspecified atom stereocenters. The summed E-state index contributed by atoms with van der Waals surface area (Å²) in [5.41, 5.74) is 3.23. The summed E-state index contributed by atoms with van der Waals surface area (Å²) in [6.07, 6.45) is 1.60. The van der Waals surface area contributed by atoms with Gasteiger partial charge in [-0.3, -0.25) is 4.79 Å².